The van der Waals surface area contributed by atoms with Crippen LogP contribution < -0.4 is 20.1 Å². The lowest BCUT2D eigenvalue weighted by Crippen LogP contribution is -2.44. The van der Waals surface area contributed by atoms with Crippen LogP contribution in [0.5, 0.6) is 11.5 Å². The number of ether oxygens (including phenoxy) is 2. The van der Waals surface area contributed by atoms with Gasteiger partial charge in [0.05, 0.1) is 13.7 Å². The van der Waals surface area contributed by atoms with Gasteiger partial charge >= 0.3 is 0 Å². The lowest BCUT2D eigenvalue weighted by atomic mass is 10.0. The van der Waals surface area contributed by atoms with Gasteiger partial charge in [-0.05, 0) is 73.9 Å². The number of rotatable bonds is 3. The second kappa shape index (κ2) is 10.3. The van der Waals surface area contributed by atoms with Gasteiger partial charge in [-0.1, -0.05) is 12.1 Å². The van der Waals surface area contributed by atoms with Crippen LogP contribution in [0.3, 0.4) is 0 Å². The van der Waals surface area contributed by atoms with E-state index in [4.69, 9.17) is 9.47 Å². The number of aryl methyl sites for hydroxylation is 3. The van der Waals surface area contributed by atoms with Crippen molar-refractivity contribution in [1.29, 1.82) is 0 Å². The van der Waals surface area contributed by atoms with Crippen molar-refractivity contribution in [3.63, 3.8) is 0 Å². The molecule has 2 amide bonds. The topological polar surface area (TPSA) is 79.9 Å². The molecule has 7 heteroatoms. The molecule has 186 valence electrons. The first kappa shape index (κ1) is 23.7. The highest BCUT2D eigenvalue weighted by atomic mass is 16.5. The Balaban J connectivity index is 1.40. The Morgan fingerprint density at radius 3 is 2.69 bits per heavy atom. The molecule has 3 aliphatic rings. The summed E-state index contributed by atoms with van der Waals surface area (Å²) in [7, 11) is 1.73. The fraction of sp³-hybridized carbons (Fsp3) is 0.500. The van der Waals surface area contributed by atoms with Crippen molar-refractivity contribution in [2.45, 2.75) is 64.1 Å². The normalized spacial score (nSPS) is 22.9. The molecule has 1 fully saturated rings. The minimum atomic E-state index is -0.0996. The molecule has 2 aliphatic heterocycles. The average molecular weight is 478 g/mol. The summed E-state index contributed by atoms with van der Waals surface area (Å²) >= 11 is 0. The molecular weight excluding hydrogens is 442 g/mol. The van der Waals surface area contributed by atoms with Crippen LogP contribution in [0.2, 0.25) is 0 Å². The fourth-order valence-electron chi connectivity index (χ4n) is 5.72. The summed E-state index contributed by atoms with van der Waals surface area (Å²) in [5.74, 6) is 1.53. The van der Waals surface area contributed by atoms with Gasteiger partial charge in [-0.25, -0.2) is 0 Å². The molecule has 2 N–H and O–H groups in total. The molecule has 0 aromatic heterocycles. The van der Waals surface area contributed by atoms with Crippen molar-refractivity contribution in [2.75, 3.05) is 26.8 Å². The zero-order chi connectivity index (χ0) is 24.4. The van der Waals surface area contributed by atoms with Gasteiger partial charge in [-0.3, -0.25) is 14.5 Å². The Kier molecular flexibility index (Phi) is 6.95. The summed E-state index contributed by atoms with van der Waals surface area (Å²) in [6, 6.07) is 10.3. The molecule has 2 aromatic rings. The quantitative estimate of drug-likeness (QED) is 0.710. The highest BCUT2D eigenvalue weighted by Crippen LogP contribution is 2.34. The Morgan fingerprint density at radius 2 is 1.86 bits per heavy atom. The van der Waals surface area contributed by atoms with Gasteiger partial charge in [0, 0.05) is 42.7 Å². The summed E-state index contributed by atoms with van der Waals surface area (Å²) < 4.78 is 11.6. The first-order chi connectivity index (χ1) is 17.0. The van der Waals surface area contributed by atoms with E-state index < -0.39 is 0 Å². The van der Waals surface area contributed by atoms with E-state index in [1.165, 1.54) is 17.5 Å². The number of carbonyl (C=O) groups is 2. The summed E-state index contributed by atoms with van der Waals surface area (Å²) in [5, 5.41) is 6.15. The molecule has 7 nitrogen and oxygen atoms in total. The second-order valence-corrected chi connectivity index (χ2v) is 9.94. The zero-order valence-electron chi connectivity index (χ0n) is 20.7. The van der Waals surface area contributed by atoms with Crippen molar-refractivity contribution in [3.05, 3.63) is 58.1 Å². The van der Waals surface area contributed by atoms with E-state index in [0.29, 0.717) is 44.0 Å². The number of carbonyl (C=O) groups excluding carboxylic acids is 2. The van der Waals surface area contributed by atoms with E-state index in [0.717, 1.165) is 42.6 Å². The standard InChI is InChI=1S/C28H35N3O4/c1-18-6-7-21-14-25(18)35-11-10-29-27(32)15-23-8-9-24(16-30-28(21)33)31(23)17-22-12-19-4-3-5-20(19)13-26(22)34-2/h6-7,12-14,23-24H,3-5,8-11,15-17H2,1-2H3,(H,29,32)(H,30,33)/t23-,24+/m0/s1. The van der Waals surface area contributed by atoms with Crippen LogP contribution in [-0.4, -0.2) is 55.6 Å². The number of benzene rings is 2. The van der Waals surface area contributed by atoms with Crippen LogP contribution in [0.15, 0.2) is 30.3 Å². The molecule has 2 heterocycles. The van der Waals surface area contributed by atoms with Gasteiger partial charge in [0.25, 0.3) is 5.91 Å². The Hall–Kier alpha value is -3.06. The maximum Gasteiger partial charge on any atom is 0.251 e. The number of hydrogen-bond acceptors (Lipinski definition) is 5. The third-order valence-corrected chi connectivity index (χ3v) is 7.67. The van der Waals surface area contributed by atoms with Crippen LogP contribution in [0.4, 0.5) is 0 Å². The number of hydrogen-bond donors (Lipinski definition) is 2. The minimum Gasteiger partial charge on any atom is -0.496 e. The number of fused-ring (bicyclic) bond motifs is 5. The van der Waals surface area contributed by atoms with Crippen molar-refractivity contribution >= 4 is 11.8 Å². The molecular formula is C28H35N3O4. The van der Waals surface area contributed by atoms with E-state index in [2.05, 4.69) is 27.7 Å². The molecule has 2 aromatic carbocycles. The maximum absolute atomic E-state index is 13.0. The number of methoxy groups -OCH3 is 1. The lowest BCUT2D eigenvalue weighted by Gasteiger charge is -2.31. The van der Waals surface area contributed by atoms with E-state index in [9.17, 15) is 9.59 Å². The van der Waals surface area contributed by atoms with Crippen molar-refractivity contribution in [2.24, 2.45) is 0 Å². The summed E-state index contributed by atoms with van der Waals surface area (Å²) in [4.78, 5) is 28.2. The molecule has 1 aliphatic carbocycles. The molecule has 0 saturated carbocycles. The average Bonchev–Trinajstić information content (AvgIpc) is 3.46. The predicted molar refractivity (Wildman–Crippen MR) is 134 cm³/mol. The predicted octanol–water partition coefficient (Wildman–Crippen LogP) is 3.15. The second-order valence-electron chi connectivity index (χ2n) is 9.94. The first-order valence-corrected chi connectivity index (χ1v) is 12.7. The van der Waals surface area contributed by atoms with E-state index in [1.807, 2.05) is 19.1 Å². The Morgan fingerprint density at radius 1 is 1.06 bits per heavy atom. The van der Waals surface area contributed by atoms with Gasteiger partial charge in [-0.15, -0.1) is 0 Å². The van der Waals surface area contributed by atoms with Crippen LogP contribution in [-0.2, 0) is 24.2 Å². The molecule has 5 rings (SSSR count). The molecule has 4 bridgehead atoms. The van der Waals surface area contributed by atoms with E-state index in [-0.39, 0.29) is 23.9 Å². The van der Waals surface area contributed by atoms with E-state index >= 15 is 0 Å². The smallest absolute Gasteiger partial charge is 0.251 e. The van der Waals surface area contributed by atoms with Crippen LogP contribution >= 0.6 is 0 Å². The molecule has 35 heavy (non-hydrogen) atoms. The summed E-state index contributed by atoms with van der Waals surface area (Å²) in [6.07, 6.45) is 5.70. The minimum absolute atomic E-state index is 0.0366. The number of amides is 2. The first-order valence-electron chi connectivity index (χ1n) is 12.7. The summed E-state index contributed by atoms with van der Waals surface area (Å²) in [6.45, 7) is 3.99. The zero-order valence-corrected chi connectivity index (χ0v) is 20.7. The van der Waals surface area contributed by atoms with Gasteiger partial charge in [0.1, 0.15) is 18.1 Å². The molecule has 0 unspecified atom stereocenters. The van der Waals surface area contributed by atoms with E-state index in [1.54, 1.807) is 13.2 Å². The highest BCUT2D eigenvalue weighted by Gasteiger charge is 2.35. The van der Waals surface area contributed by atoms with Crippen molar-refractivity contribution in [3.8, 4) is 11.5 Å². The lowest BCUT2D eigenvalue weighted by molar-refractivity contribution is -0.122. The number of nitrogens with zero attached hydrogens (tertiary/aromatic N) is 1. The Bertz CT molecular complexity index is 1120. The SMILES string of the molecule is COc1cc2c(cc1CN1[C@@H]3CC[C@H]1CC(=O)NCCOc1cc(ccc1C)C(=O)NC3)CCC2. The molecule has 2 atom stereocenters. The van der Waals surface area contributed by atoms with Gasteiger partial charge in [0.2, 0.25) is 5.91 Å². The van der Waals surface area contributed by atoms with Gasteiger partial charge in [0.15, 0.2) is 0 Å². The van der Waals surface area contributed by atoms with Crippen molar-refractivity contribution < 1.29 is 19.1 Å². The summed E-state index contributed by atoms with van der Waals surface area (Å²) in [5.41, 5.74) is 5.51. The maximum atomic E-state index is 13.0. The monoisotopic (exact) mass is 477 g/mol. The molecule has 0 spiro atoms. The molecule has 1 saturated heterocycles. The fourth-order valence-corrected chi connectivity index (χ4v) is 5.72. The van der Waals surface area contributed by atoms with Crippen LogP contribution in [0.25, 0.3) is 0 Å². The largest absolute Gasteiger partial charge is 0.496 e. The van der Waals surface area contributed by atoms with Crippen molar-refractivity contribution in [1.82, 2.24) is 15.5 Å². The third kappa shape index (κ3) is 5.15. The Labute approximate surface area is 207 Å². The third-order valence-electron chi connectivity index (χ3n) is 7.67. The van der Waals surface area contributed by atoms with Gasteiger partial charge < -0.3 is 20.1 Å². The highest BCUT2D eigenvalue weighted by molar-refractivity contribution is 5.94. The van der Waals surface area contributed by atoms with Crippen LogP contribution in [0, 0.1) is 6.92 Å². The van der Waals surface area contributed by atoms with Crippen LogP contribution in [0.1, 0.15) is 58.3 Å². The van der Waals surface area contributed by atoms with Gasteiger partial charge in [-0.2, -0.15) is 0 Å². The molecule has 0 radical (unpaired) electrons. The number of nitrogens with one attached hydrogen (secondary N) is 2.